The van der Waals surface area contributed by atoms with Crippen LogP contribution in [-0.2, 0) is 6.54 Å². The highest BCUT2D eigenvalue weighted by Gasteiger charge is 2.19. The molecule has 2 heterocycles. The van der Waals surface area contributed by atoms with Crippen LogP contribution in [0.5, 0.6) is 0 Å². The summed E-state index contributed by atoms with van der Waals surface area (Å²) in [5, 5.41) is 6.34. The normalized spacial score (nSPS) is 10.6. The number of nitrogens with one attached hydrogen (secondary N) is 2. The lowest BCUT2D eigenvalue weighted by atomic mass is 10.1. The van der Waals surface area contributed by atoms with Crippen molar-refractivity contribution in [3.8, 4) is 11.6 Å². The van der Waals surface area contributed by atoms with Gasteiger partial charge in [0, 0.05) is 18.7 Å². The highest BCUT2D eigenvalue weighted by molar-refractivity contribution is 7.98. The Morgan fingerprint density at radius 1 is 1.10 bits per heavy atom. The Labute approximate surface area is 179 Å². The first-order chi connectivity index (χ1) is 14.5. The van der Waals surface area contributed by atoms with E-state index in [1.54, 1.807) is 37.5 Å². The summed E-state index contributed by atoms with van der Waals surface area (Å²) in [6.45, 7) is 4.70. The van der Waals surface area contributed by atoms with E-state index in [1.165, 1.54) is 11.8 Å². The van der Waals surface area contributed by atoms with Crippen molar-refractivity contribution >= 4 is 23.6 Å². The number of aromatic nitrogens is 2. The van der Waals surface area contributed by atoms with Crippen molar-refractivity contribution in [2.24, 2.45) is 0 Å². The van der Waals surface area contributed by atoms with Crippen molar-refractivity contribution in [2.75, 3.05) is 12.8 Å². The summed E-state index contributed by atoms with van der Waals surface area (Å²) in [5.74, 6) is 0.624. The Morgan fingerprint density at radius 2 is 1.93 bits per heavy atom. The highest BCUT2D eigenvalue weighted by atomic mass is 32.2. The molecule has 2 aromatic heterocycles. The molecule has 3 rings (SSSR count). The number of hydrogen-bond acceptors (Lipinski definition) is 6. The number of nitrogens with zero attached hydrogens (tertiary/aromatic N) is 2. The molecule has 2 amide bonds. The van der Waals surface area contributed by atoms with E-state index in [2.05, 4.69) is 20.6 Å². The molecular formula is C22H24N4O3S. The molecule has 0 spiro atoms. The van der Waals surface area contributed by atoms with Crippen molar-refractivity contribution in [2.45, 2.75) is 31.8 Å². The summed E-state index contributed by atoms with van der Waals surface area (Å²) >= 11 is 1.38. The van der Waals surface area contributed by atoms with Crippen LogP contribution in [-0.4, -0.2) is 34.6 Å². The van der Waals surface area contributed by atoms with Gasteiger partial charge in [-0.25, -0.2) is 9.97 Å². The van der Waals surface area contributed by atoms with E-state index in [9.17, 15) is 9.59 Å². The molecule has 0 fully saturated rings. The molecule has 0 bridgehead atoms. The molecule has 7 nitrogen and oxygen atoms in total. The number of aryl methyl sites for hydroxylation is 1. The Hall–Kier alpha value is -3.13. The van der Waals surface area contributed by atoms with E-state index < -0.39 is 0 Å². The predicted octanol–water partition coefficient (Wildman–Crippen LogP) is 3.84. The zero-order valence-electron chi connectivity index (χ0n) is 17.2. The number of carbonyl (C=O) groups is 2. The first-order valence-corrected chi connectivity index (χ1v) is 10.9. The van der Waals surface area contributed by atoms with E-state index in [-0.39, 0.29) is 11.8 Å². The van der Waals surface area contributed by atoms with Crippen molar-refractivity contribution < 1.29 is 14.0 Å². The Bertz CT molecular complexity index is 1030. The van der Waals surface area contributed by atoms with Gasteiger partial charge >= 0.3 is 0 Å². The molecule has 30 heavy (non-hydrogen) atoms. The number of carbonyl (C=O) groups excluding carboxylic acids is 2. The molecule has 0 saturated carbocycles. The standard InChI is InChI=1S/C22H24N4O3S/c1-4-10-23-20(27)16-8-5-7-15(12-16)13-24-21(28)18-14(2)25-19(26-22(18)30-3)17-9-6-11-29-17/h5-9,11-12H,4,10,13H2,1-3H3,(H,23,27)(H,24,28). The molecule has 1 aromatic carbocycles. The quantitative estimate of drug-likeness (QED) is 0.421. The van der Waals surface area contributed by atoms with E-state index in [0.29, 0.717) is 46.5 Å². The smallest absolute Gasteiger partial charge is 0.256 e. The van der Waals surface area contributed by atoms with E-state index >= 15 is 0 Å². The van der Waals surface area contributed by atoms with Gasteiger partial charge in [0.15, 0.2) is 11.6 Å². The topological polar surface area (TPSA) is 97.1 Å². The van der Waals surface area contributed by atoms with Crippen molar-refractivity contribution in [1.82, 2.24) is 20.6 Å². The molecule has 0 aliphatic carbocycles. The Kier molecular flexibility index (Phi) is 7.24. The van der Waals surface area contributed by atoms with Crippen LogP contribution in [0.4, 0.5) is 0 Å². The minimum Gasteiger partial charge on any atom is -0.461 e. The average molecular weight is 425 g/mol. The summed E-state index contributed by atoms with van der Waals surface area (Å²) in [6, 6.07) is 10.8. The average Bonchev–Trinajstić information content (AvgIpc) is 3.30. The zero-order valence-corrected chi connectivity index (χ0v) is 18.0. The molecule has 0 aliphatic heterocycles. The maximum absolute atomic E-state index is 12.9. The van der Waals surface area contributed by atoms with Crippen LogP contribution in [0.15, 0.2) is 52.1 Å². The van der Waals surface area contributed by atoms with Crippen LogP contribution in [0, 0.1) is 6.92 Å². The number of thioether (sulfide) groups is 1. The molecule has 8 heteroatoms. The minimum absolute atomic E-state index is 0.118. The minimum atomic E-state index is -0.260. The van der Waals surface area contributed by atoms with Crippen LogP contribution in [0.25, 0.3) is 11.6 Å². The number of rotatable bonds is 8. The van der Waals surface area contributed by atoms with Gasteiger partial charge in [0.1, 0.15) is 5.03 Å². The second-order valence-corrected chi connectivity index (χ2v) is 7.43. The van der Waals surface area contributed by atoms with Crippen LogP contribution in [0.3, 0.4) is 0 Å². The third-order valence-electron chi connectivity index (χ3n) is 4.40. The van der Waals surface area contributed by atoms with Gasteiger partial charge in [0.25, 0.3) is 11.8 Å². The largest absolute Gasteiger partial charge is 0.461 e. The maximum atomic E-state index is 12.9. The predicted molar refractivity (Wildman–Crippen MR) is 116 cm³/mol. The molecule has 2 N–H and O–H groups in total. The molecule has 0 unspecified atom stereocenters. The molecule has 3 aromatic rings. The lowest BCUT2D eigenvalue weighted by Crippen LogP contribution is -2.26. The fourth-order valence-electron chi connectivity index (χ4n) is 2.91. The summed E-state index contributed by atoms with van der Waals surface area (Å²) < 4.78 is 5.37. The first-order valence-electron chi connectivity index (χ1n) is 9.65. The third-order valence-corrected chi connectivity index (χ3v) is 5.08. The van der Waals surface area contributed by atoms with E-state index in [1.807, 2.05) is 25.3 Å². The monoisotopic (exact) mass is 424 g/mol. The third kappa shape index (κ3) is 5.07. The molecule has 0 atom stereocenters. The van der Waals surface area contributed by atoms with Crippen molar-refractivity contribution in [1.29, 1.82) is 0 Å². The summed E-state index contributed by atoms with van der Waals surface area (Å²) in [4.78, 5) is 33.9. The van der Waals surface area contributed by atoms with E-state index in [0.717, 1.165) is 12.0 Å². The molecular weight excluding hydrogens is 400 g/mol. The molecule has 0 radical (unpaired) electrons. The van der Waals surface area contributed by atoms with Gasteiger partial charge < -0.3 is 15.1 Å². The van der Waals surface area contributed by atoms with Crippen LogP contribution in [0.1, 0.15) is 45.3 Å². The fraction of sp³-hybridized carbons (Fsp3) is 0.273. The maximum Gasteiger partial charge on any atom is 0.256 e. The molecule has 0 aliphatic rings. The van der Waals surface area contributed by atoms with Gasteiger partial charge in [0.2, 0.25) is 0 Å². The second kappa shape index (κ2) is 10.1. The highest BCUT2D eigenvalue weighted by Crippen LogP contribution is 2.25. The first kappa shape index (κ1) is 21.6. The summed E-state index contributed by atoms with van der Waals surface area (Å²) in [6.07, 6.45) is 4.30. The fourth-order valence-corrected chi connectivity index (χ4v) is 3.53. The number of amides is 2. The number of benzene rings is 1. The SMILES string of the molecule is CCCNC(=O)c1cccc(CNC(=O)c2c(C)nc(-c3ccco3)nc2SC)c1. The van der Waals surface area contributed by atoms with Gasteiger partial charge in [-0.3, -0.25) is 9.59 Å². The number of furan rings is 1. The van der Waals surface area contributed by atoms with Gasteiger partial charge in [0.05, 0.1) is 17.5 Å². The lowest BCUT2D eigenvalue weighted by molar-refractivity contribution is 0.0943. The van der Waals surface area contributed by atoms with Gasteiger partial charge in [-0.2, -0.15) is 0 Å². The van der Waals surface area contributed by atoms with Crippen LogP contribution >= 0.6 is 11.8 Å². The van der Waals surface area contributed by atoms with Gasteiger partial charge in [-0.1, -0.05) is 19.1 Å². The van der Waals surface area contributed by atoms with Crippen molar-refractivity contribution in [3.63, 3.8) is 0 Å². The van der Waals surface area contributed by atoms with Crippen molar-refractivity contribution in [3.05, 3.63) is 65.0 Å². The lowest BCUT2D eigenvalue weighted by Gasteiger charge is -2.12. The van der Waals surface area contributed by atoms with Gasteiger partial charge in [-0.15, -0.1) is 11.8 Å². The summed E-state index contributed by atoms with van der Waals surface area (Å²) in [7, 11) is 0. The Balaban J connectivity index is 1.74. The summed E-state index contributed by atoms with van der Waals surface area (Å²) in [5.41, 5.74) is 2.42. The van der Waals surface area contributed by atoms with Gasteiger partial charge in [-0.05, 0) is 49.4 Å². The molecule has 156 valence electrons. The van der Waals surface area contributed by atoms with E-state index in [4.69, 9.17) is 4.42 Å². The zero-order chi connectivity index (χ0) is 21.5. The van der Waals surface area contributed by atoms with Crippen LogP contribution < -0.4 is 10.6 Å². The second-order valence-electron chi connectivity index (χ2n) is 6.63. The van der Waals surface area contributed by atoms with Crippen LogP contribution in [0.2, 0.25) is 0 Å². The molecule has 0 saturated heterocycles. The number of hydrogen-bond donors (Lipinski definition) is 2. The Morgan fingerprint density at radius 3 is 2.63 bits per heavy atom.